The molecule has 1 aromatic heterocycles. The summed E-state index contributed by atoms with van der Waals surface area (Å²) >= 11 is 0. The largest absolute Gasteiger partial charge is 0.497 e. The van der Waals surface area contributed by atoms with Gasteiger partial charge in [0, 0.05) is 17.3 Å². The van der Waals surface area contributed by atoms with E-state index in [-0.39, 0.29) is 0 Å². The molecule has 2 aromatic carbocycles. The summed E-state index contributed by atoms with van der Waals surface area (Å²) < 4.78 is 7.58. The highest BCUT2D eigenvalue weighted by atomic mass is 16.5. The summed E-state index contributed by atoms with van der Waals surface area (Å²) in [5.41, 5.74) is 5.27. The maximum atomic E-state index is 5.27. The highest BCUT2D eigenvalue weighted by Gasteiger charge is 2.25. The standard InChI is InChI=1S/C19H18N2O/c1-22-16-10-8-14(9-11-16)19-18-7-4-12-21(18)17-6-3-2-5-15(17)13-20-19/h2-12,19-20H,13H2,1H3/p+1. The van der Waals surface area contributed by atoms with Gasteiger partial charge in [-0.05, 0) is 42.5 Å². The highest BCUT2D eigenvalue weighted by molar-refractivity contribution is 5.45. The summed E-state index contributed by atoms with van der Waals surface area (Å²) in [6.07, 6.45) is 2.16. The van der Waals surface area contributed by atoms with Crippen molar-refractivity contribution in [2.45, 2.75) is 12.6 Å². The van der Waals surface area contributed by atoms with Crippen molar-refractivity contribution in [2.75, 3.05) is 7.11 Å². The monoisotopic (exact) mass is 291 g/mol. The molecule has 110 valence electrons. The molecule has 0 radical (unpaired) electrons. The van der Waals surface area contributed by atoms with Crippen LogP contribution >= 0.6 is 0 Å². The fourth-order valence-electron chi connectivity index (χ4n) is 3.27. The van der Waals surface area contributed by atoms with E-state index in [1.807, 2.05) is 12.1 Å². The third kappa shape index (κ3) is 2.11. The summed E-state index contributed by atoms with van der Waals surface area (Å²) in [4.78, 5) is 0. The average Bonchev–Trinajstić information content (AvgIpc) is 3.00. The lowest BCUT2D eigenvalue weighted by Crippen LogP contribution is -2.83. The molecule has 0 aliphatic carbocycles. The van der Waals surface area contributed by atoms with Gasteiger partial charge < -0.3 is 14.6 Å². The van der Waals surface area contributed by atoms with E-state index in [2.05, 4.69) is 64.6 Å². The number of rotatable bonds is 2. The molecule has 2 heterocycles. The number of benzene rings is 2. The lowest BCUT2D eigenvalue weighted by atomic mass is 10.0. The number of ether oxygens (including phenoxy) is 1. The molecular weight excluding hydrogens is 272 g/mol. The fraction of sp³-hybridized carbons (Fsp3) is 0.158. The fourth-order valence-corrected chi connectivity index (χ4v) is 3.27. The first-order valence-electron chi connectivity index (χ1n) is 7.59. The van der Waals surface area contributed by atoms with E-state index in [1.165, 1.54) is 22.5 Å². The molecule has 0 saturated carbocycles. The number of hydrogen-bond acceptors (Lipinski definition) is 1. The van der Waals surface area contributed by atoms with Crippen molar-refractivity contribution in [3.05, 3.63) is 83.7 Å². The number of methoxy groups -OCH3 is 1. The smallest absolute Gasteiger partial charge is 0.153 e. The molecule has 22 heavy (non-hydrogen) atoms. The Labute approximate surface area is 130 Å². The van der Waals surface area contributed by atoms with Crippen LogP contribution in [-0.2, 0) is 6.54 Å². The predicted molar refractivity (Wildman–Crippen MR) is 86.2 cm³/mol. The maximum Gasteiger partial charge on any atom is 0.153 e. The second kappa shape index (κ2) is 5.35. The molecule has 1 atom stereocenters. The summed E-state index contributed by atoms with van der Waals surface area (Å²) in [6.45, 7) is 0.981. The van der Waals surface area contributed by atoms with E-state index in [0.717, 1.165) is 12.3 Å². The van der Waals surface area contributed by atoms with Crippen molar-refractivity contribution in [2.24, 2.45) is 0 Å². The average molecular weight is 291 g/mol. The number of nitrogens with two attached hydrogens (primary N) is 1. The summed E-state index contributed by atoms with van der Waals surface area (Å²) in [5.74, 6) is 0.899. The van der Waals surface area contributed by atoms with Crippen LogP contribution in [0.3, 0.4) is 0 Å². The zero-order chi connectivity index (χ0) is 14.9. The maximum absolute atomic E-state index is 5.27. The van der Waals surface area contributed by atoms with E-state index in [4.69, 9.17) is 4.74 Å². The number of hydrogen-bond donors (Lipinski definition) is 1. The third-order valence-corrected chi connectivity index (χ3v) is 4.40. The van der Waals surface area contributed by atoms with Crippen LogP contribution in [0, 0.1) is 0 Å². The molecule has 3 nitrogen and oxygen atoms in total. The van der Waals surface area contributed by atoms with Gasteiger partial charge in [0.2, 0.25) is 0 Å². The van der Waals surface area contributed by atoms with Crippen LogP contribution in [0.15, 0.2) is 66.9 Å². The topological polar surface area (TPSA) is 30.8 Å². The van der Waals surface area contributed by atoms with Crippen LogP contribution in [0.1, 0.15) is 22.9 Å². The molecule has 1 unspecified atom stereocenters. The third-order valence-electron chi connectivity index (χ3n) is 4.40. The van der Waals surface area contributed by atoms with Gasteiger partial charge in [-0.3, -0.25) is 0 Å². The minimum Gasteiger partial charge on any atom is -0.497 e. The normalized spacial score (nSPS) is 16.5. The first kappa shape index (κ1) is 13.2. The van der Waals surface area contributed by atoms with Crippen molar-refractivity contribution in [1.29, 1.82) is 0 Å². The summed E-state index contributed by atoms with van der Waals surface area (Å²) in [5, 5.41) is 2.40. The van der Waals surface area contributed by atoms with Crippen LogP contribution in [0.4, 0.5) is 0 Å². The van der Waals surface area contributed by atoms with Gasteiger partial charge in [0.25, 0.3) is 0 Å². The SMILES string of the molecule is COc1ccc(C2[NH2+]Cc3ccccc3-n3cccc32)cc1. The number of fused-ring (bicyclic) bond motifs is 3. The lowest BCUT2D eigenvalue weighted by Gasteiger charge is -2.15. The first-order valence-corrected chi connectivity index (χ1v) is 7.59. The Morgan fingerprint density at radius 3 is 2.64 bits per heavy atom. The van der Waals surface area contributed by atoms with Crippen molar-refractivity contribution in [1.82, 2.24) is 4.57 Å². The molecule has 0 amide bonds. The van der Waals surface area contributed by atoms with Gasteiger partial charge in [0.05, 0.1) is 18.5 Å². The van der Waals surface area contributed by atoms with Crippen LogP contribution < -0.4 is 10.1 Å². The van der Waals surface area contributed by atoms with E-state index in [0.29, 0.717) is 6.04 Å². The Hall–Kier alpha value is -2.52. The van der Waals surface area contributed by atoms with Gasteiger partial charge in [-0.2, -0.15) is 0 Å². The Kier molecular flexibility index (Phi) is 3.20. The number of aromatic nitrogens is 1. The van der Waals surface area contributed by atoms with Crippen LogP contribution in [0.2, 0.25) is 0 Å². The first-order chi connectivity index (χ1) is 10.9. The second-order valence-corrected chi connectivity index (χ2v) is 5.62. The number of para-hydroxylation sites is 1. The molecule has 1 aliphatic heterocycles. The van der Waals surface area contributed by atoms with Crippen LogP contribution in [-0.4, -0.2) is 11.7 Å². The van der Waals surface area contributed by atoms with Crippen molar-refractivity contribution >= 4 is 0 Å². The Bertz CT molecular complexity index is 789. The molecule has 0 spiro atoms. The molecular formula is C19H19N2O+. The zero-order valence-corrected chi connectivity index (χ0v) is 12.6. The minimum atomic E-state index is 0.299. The van der Waals surface area contributed by atoms with Gasteiger partial charge in [0.1, 0.15) is 12.3 Å². The Morgan fingerprint density at radius 2 is 1.82 bits per heavy atom. The Morgan fingerprint density at radius 1 is 1.00 bits per heavy atom. The van der Waals surface area contributed by atoms with Crippen molar-refractivity contribution in [3.8, 4) is 11.4 Å². The van der Waals surface area contributed by atoms with Gasteiger partial charge >= 0.3 is 0 Å². The molecule has 0 saturated heterocycles. The van der Waals surface area contributed by atoms with E-state index in [9.17, 15) is 0 Å². The van der Waals surface area contributed by atoms with Crippen LogP contribution in [0.25, 0.3) is 5.69 Å². The Balaban J connectivity index is 1.80. The van der Waals surface area contributed by atoms with Crippen molar-refractivity contribution < 1.29 is 10.1 Å². The minimum absolute atomic E-state index is 0.299. The molecule has 0 bridgehead atoms. The van der Waals surface area contributed by atoms with E-state index >= 15 is 0 Å². The highest BCUT2D eigenvalue weighted by Crippen LogP contribution is 2.27. The van der Waals surface area contributed by atoms with E-state index in [1.54, 1.807) is 7.11 Å². The molecule has 2 N–H and O–H groups in total. The summed E-state index contributed by atoms with van der Waals surface area (Å²) in [7, 11) is 1.70. The van der Waals surface area contributed by atoms with E-state index < -0.39 is 0 Å². The summed E-state index contributed by atoms with van der Waals surface area (Å²) in [6, 6.07) is 21.7. The molecule has 4 rings (SSSR count). The number of quaternary nitrogens is 1. The van der Waals surface area contributed by atoms with Crippen molar-refractivity contribution in [3.63, 3.8) is 0 Å². The van der Waals surface area contributed by atoms with Gasteiger partial charge in [0.15, 0.2) is 6.04 Å². The van der Waals surface area contributed by atoms with Gasteiger partial charge in [-0.15, -0.1) is 0 Å². The predicted octanol–water partition coefficient (Wildman–Crippen LogP) is 2.65. The quantitative estimate of drug-likeness (QED) is 0.773. The second-order valence-electron chi connectivity index (χ2n) is 5.62. The van der Waals surface area contributed by atoms with Crippen LogP contribution in [0.5, 0.6) is 5.75 Å². The molecule has 1 aliphatic rings. The lowest BCUT2D eigenvalue weighted by molar-refractivity contribution is -0.702. The van der Waals surface area contributed by atoms with Gasteiger partial charge in [-0.1, -0.05) is 18.2 Å². The molecule has 3 heteroatoms. The molecule has 0 fully saturated rings. The van der Waals surface area contributed by atoms with Gasteiger partial charge in [-0.25, -0.2) is 0 Å². The molecule has 3 aromatic rings. The zero-order valence-electron chi connectivity index (χ0n) is 12.6. The number of nitrogens with zero attached hydrogens (tertiary/aromatic N) is 1.